The molecule has 0 fully saturated rings. The molecule has 2 rings (SSSR count). The van der Waals surface area contributed by atoms with Gasteiger partial charge in [-0.1, -0.05) is 13.8 Å². The van der Waals surface area contributed by atoms with Crippen LogP contribution in [0, 0.1) is 0 Å². The zero-order chi connectivity index (χ0) is 9.26. The molecule has 0 bridgehead atoms. The average molecular weight is 209 g/mol. The second kappa shape index (κ2) is 3.60. The Morgan fingerprint density at radius 3 is 2.77 bits per heavy atom. The van der Waals surface area contributed by atoms with Gasteiger partial charge in [-0.15, -0.1) is 11.3 Å². The predicted octanol–water partition coefficient (Wildman–Crippen LogP) is 4.00. The van der Waals surface area contributed by atoms with Crippen LogP contribution in [-0.4, -0.2) is 4.98 Å². The molecule has 0 aliphatic rings. The van der Waals surface area contributed by atoms with Crippen molar-refractivity contribution < 1.29 is 0 Å². The van der Waals surface area contributed by atoms with E-state index >= 15 is 0 Å². The van der Waals surface area contributed by atoms with E-state index in [4.69, 9.17) is 0 Å². The van der Waals surface area contributed by atoms with E-state index in [1.165, 1.54) is 10.4 Å². The zero-order valence-electron chi connectivity index (χ0n) is 7.65. The topological polar surface area (TPSA) is 12.9 Å². The Kier molecular flexibility index (Phi) is 2.47. The third kappa shape index (κ3) is 1.81. The first-order chi connectivity index (χ1) is 6.27. The van der Waals surface area contributed by atoms with Crippen LogP contribution in [-0.2, 0) is 0 Å². The summed E-state index contributed by atoms with van der Waals surface area (Å²) in [7, 11) is 0. The van der Waals surface area contributed by atoms with Gasteiger partial charge in [0, 0.05) is 22.0 Å². The smallest absolute Gasteiger partial charge is 0.124 e. The van der Waals surface area contributed by atoms with Gasteiger partial charge in [0.2, 0.25) is 0 Å². The Hall–Kier alpha value is -0.670. The minimum Gasteiger partial charge on any atom is -0.244 e. The van der Waals surface area contributed by atoms with Gasteiger partial charge in [0.25, 0.3) is 0 Å². The Morgan fingerprint density at radius 1 is 1.38 bits per heavy atom. The van der Waals surface area contributed by atoms with E-state index < -0.39 is 0 Å². The normalized spacial score (nSPS) is 11.0. The highest BCUT2D eigenvalue weighted by molar-refractivity contribution is 7.15. The number of hydrogen-bond donors (Lipinski definition) is 0. The minimum atomic E-state index is 0.588. The van der Waals surface area contributed by atoms with Crippen molar-refractivity contribution in [3.63, 3.8) is 0 Å². The highest BCUT2D eigenvalue weighted by Crippen LogP contribution is 2.30. The summed E-state index contributed by atoms with van der Waals surface area (Å²) in [6.07, 6.45) is 1.99. The van der Waals surface area contributed by atoms with Crippen LogP contribution >= 0.6 is 22.7 Å². The Labute approximate surface area is 86.1 Å². The molecule has 0 unspecified atom stereocenters. The summed E-state index contributed by atoms with van der Waals surface area (Å²) in [6, 6.07) is 2.12. The van der Waals surface area contributed by atoms with Gasteiger partial charge in [0.05, 0.1) is 0 Å². The van der Waals surface area contributed by atoms with Crippen molar-refractivity contribution >= 4 is 22.7 Å². The van der Waals surface area contributed by atoms with Crippen molar-refractivity contribution in [3.05, 3.63) is 27.9 Å². The van der Waals surface area contributed by atoms with E-state index in [1.54, 1.807) is 22.7 Å². The number of hydrogen-bond acceptors (Lipinski definition) is 3. The summed E-state index contributed by atoms with van der Waals surface area (Å²) >= 11 is 3.51. The Morgan fingerprint density at radius 2 is 2.23 bits per heavy atom. The number of nitrogens with zero attached hydrogens (tertiary/aromatic N) is 1. The molecule has 3 heteroatoms. The van der Waals surface area contributed by atoms with Crippen LogP contribution in [0.5, 0.6) is 0 Å². The van der Waals surface area contributed by atoms with Crippen LogP contribution in [0.15, 0.2) is 23.0 Å². The van der Waals surface area contributed by atoms with Crippen molar-refractivity contribution in [3.8, 4) is 10.6 Å². The van der Waals surface area contributed by atoms with E-state index in [0.29, 0.717) is 5.92 Å². The largest absolute Gasteiger partial charge is 0.244 e. The first kappa shape index (κ1) is 8.91. The fraction of sp³-hybridized carbons (Fsp3) is 0.300. The van der Waals surface area contributed by atoms with Gasteiger partial charge in [-0.05, 0) is 17.4 Å². The first-order valence-corrected chi connectivity index (χ1v) is 6.01. The maximum absolute atomic E-state index is 4.41. The SMILES string of the molecule is CC(C)c1cnc(-c2ccsc2)s1. The molecule has 0 saturated heterocycles. The lowest BCUT2D eigenvalue weighted by atomic mass is 10.2. The Bertz CT molecular complexity index is 373. The van der Waals surface area contributed by atoms with Crippen molar-refractivity contribution in [1.29, 1.82) is 0 Å². The molecule has 68 valence electrons. The molecular formula is C10H11NS2. The van der Waals surface area contributed by atoms with Gasteiger partial charge >= 0.3 is 0 Å². The summed E-state index contributed by atoms with van der Waals surface area (Å²) in [4.78, 5) is 5.77. The first-order valence-electron chi connectivity index (χ1n) is 4.25. The van der Waals surface area contributed by atoms with Crippen LogP contribution in [0.3, 0.4) is 0 Å². The summed E-state index contributed by atoms with van der Waals surface area (Å²) < 4.78 is 0. The van der Waals surface area contributed by atoms with Gasteiger partial charge in [-0.2, -0.15) is 11.3 Å². The summed E-state index contributed by atoms with van der Waals surface area (Å²) in [6.45, 7) is 4.40. The quantitative estimate of drug-likeness (QED) is 0.728. The zero-order valence-corrected chi connectivity index (χ0v) is 9.28. The number of aromatic nitrogens is 1. The second-order valence-electron chi connectivity index (χ2n) is 3.23. The van der Waals surface area contributed by atoms with Crippen molar-refractivity contribution in [1.82, 2.24) is 4.98 Å². The van der Waals surface area contributed by atoms with Crippen LogP contribution in [0.4, 0.5) is 0 Å². The molecule has 0 saturated carbocycles. The van der Waals surface area contributed by atoms with E-state index in [0.717, 1.165) is 5.01 Å². The maximum atomic E-state index is 4.41. The highest BCUT2D eigenvalue weighted by atomic mass is 32.1. The summed E-state index contributed by atoms with van der Waals surface area (Å²) in [5.74, 6) is 0.588. The van der Waals surface area contributed by atoms with Crippen LogP contribution in [0.25, 0.3) is 10.6 Å². The van der Waals surface area contributed by atoms with Gasteiger partial charge in [0.15, 0.2) is 0 Å². The fourth-order valence-electron chi connectivity index (χ4n) is 1.07. The molecule has 1 nitrogen and oxygen atoms in total. The van der Waals surface area contributed by atoms with Crippen molar-refractivity contribution in [2.75, 3.05) is 0 Å². The molecule has 0 spiro atoms. The van der Waals surface area contributed by atoms with E-state index in [-0.39, 0.29) is 0 Å². The molecule has 2 aromatic rings. The lowest BCUT2D eigenvalue weighted by molar-refractivity contribution is 0.885. The molecule has 2 aromatic heterocycles. The van der Waals surface area contributed by atoms with Gasteiger partial charge in [-0.25, -0.2) is 4.98 Å². The molecule has 0 atom stereocenters. The average Bonchev–Trinajstić information content (AvgIpc) is 2.75. The highest BCUT2D eigenvalue weighted by Gasteiger charge is 2.06. The van der Waals surface area contributed by atoms with E-state index in [9.17, 15) is 0 Å². The molecule has 0 aromatic carbocycles. The lowest BCUT2D eigenvalue weighted by Gasteiger charge is -1.95. The molecule has 0 aliphatic heterocycles. The molecule has 0 radical (unpaired) electrons. The number of thiophene rings is 1. The lowest BCUT2D eigenvalue weighted by Crippen LogP contribution is -1.77. The fourth-order valence-corrected chi connectivity index (χ4v) is 2.70. The Balaban J connectivity index is 2.33. The third-order valence-corrected chi connectivity index (χ3v) is 3.89. The van der Waals surface area contributed by atoms with Gasteiger partial charge in [0.1, 0.15) is 5.01 Å². The molecule has 0 N–H and O–H groups in total. The van der Waals surface area contributed by atoms with Gasteiger partial charge < -0.3 is 0 Å². The van der Waals surface area contributed by atoms with Crippen LogP contribution < -0.4 is 0 Å². The molecule has 13 heavy (non-hydrogen) atoms. The van der Waals surface area contributed by atoms with Crippen molar-refractivity contribution in [2.24, 2.45) is 0 Å². The predicted molar refractivity (Wildman–Crippen MR) is 59.5 cm³/mol. The second-order valence-corrected chi connectivity index (χ2v) is 5.08. The van der Waals surface area contributed by atoms with E-state index in [1.807, 2.05) is 6.20 Å². The summed E-state index contributed by atoms with van der Waals surface area (Å²) in [5, 5.41) is 5.37. The van der Waals surface area contributed by atoms with E-state index in [2.05, 4.69) is 35.7 Å². The maximum Gasteiger partial charge on any atom is 0.124 e. The molecular weight excluding hydrogens is 198 g/mol. The molecule has 0 aliphatic carbocycles. The van der Waals surface area contributed by atoms with Crippen LogP contribution in [0.2, 0.25) is 0 Å². The number of thiazole rings is 1. The number of rotatable bonds is 2. The summed E-state index contributed by atoms with van der Waals surface area (Å²) in [5.41, 5.74) is 1.25. The minimum absolute atomic E-state index is 0.588. The third-order valence-electron chi connectivity index (χ3n) is 1.86. The van der Waals surface area contributed by atoms with Crippen LogP contribution in [0.1, 0.15) is 24.6 Å². The van der Waals surface area contributed by atoms with Crippen molar-refractivity contribution in [2.45, 2.75) is 19.8 Å². The van der Waals surface area contributed by atoms with Gasteiger partial charge in [-0.3, -0.25) is 0 Å². The molecule has 2 heterocycles. The standard InChI is InChI=1S/C10H11NS2/c1-7(2)9-5-11-10(13-9)8-3-4-12-6-8/h3-7H,1-2H3. The molecule has 0 amide bonds. The monoisotopic (exact) mass is 209 g/mol.